The fourth-order valence-electron chi connectivity index (χ4n) is 10.1. The Morgan fingerprint density at radius 3 is 2.41 bits per heavy atom. The quantitative estimate of drug-likeness (QED) is 0.480. The minimum Gasteiger partial charge on any atom is -0.392 e. The fourth-order valence-corrected chi connectivity index (χ4v) is 10.1. The third-order valence-corrected chi connectivity index (χ3v) is 12.1. The van der Waals surface area contributed by atoms with Crippen molar-refractivity contribution in [3.8, 4) is 0 Å². The maximum absolute atomic E-state index is 10.8. The third kappa shape index (κ3) is 3.48. The summed E-state index contributed by atoms with van der Waals surface area (Å²) in [6.45, 7) is 18.9. The molecule has 0 spiro atoms. The van der Waals surface area contributed by atoms with Gasteiger partial charge in [0, 0.05) is 12.0 Å². The van der Waals surface area contributed by atoms with Crippen LogP contribution in [0.1, 0.15) is 99.3 Å². The number of allylic oxidation sites excluding steroid dienone is 1. The van der Waals surface area contributed by atoms with Gasteiger partial charge in [0.25, 0.3) is 0 Å². The highest BCUT2D eigenvalue weighted by atomic mass is 16.3. The smallest absolute Gasteiger partial charge is 0.0628 e. The molecule has 4 fully saturated rings. The summed E-state index contributed by atoms with van der Waals surface area (Å²) in [7, 11) is 0. The predicted octanol–water partition coefficient (Wildman–Crippen LogP) is 6.93. The number of rotatable bonds is 3. The van der Waals surface area contributed by atoms with Crippen LogP contribution < -0.4 is 0 Å². The van der Waals surface area contributed by atoms with Crippen molar-refractivity contribution in [2.75, 3.05) is 19.6 Å². The Balaban J connectivity index is 1.34. The van der Waals surface area contributed by atoms with Crippen molar-refractivity contribution < 1.29 is 5.11 Å². The number of nitrogens with zero attached hydrogens (tertiary/aromatic N) is 1. The number of aliphatic hydroxyl groups excluding tert-OH is 1. The molecule has 0 aromatic rings. The second-order valence-corrected chi connectivity index (χ2v) is 14.1. The first kappa shape index (κ1) is 23.4. The van der Waals surface area contributed by atoms with Crippen molar-refractivity contribution in [3.63, 3.8) is 0 Å². The topological polar surface area (TPSA) is 23.5 Å². The van der Waals surface area contributed by atoms with Crippen LogP contribution in [-0.4, -0.2) is 35.7 Å². The molecule has 32 heavy (non-hydrogen) atoms. The summed E-state index contributed by atoms with van der Waals surface area (Å²) in [6.07, 6.45) is 14.5. The minimum atomic E-state index is -0.165. The number of fused-ring (bicyclic) bond motifs is 5. The molecule has 1 N–H and O–H groups in total. The van der Waals surface area contributed by atoms with Crippen molar-refractivity contribution in [2.24, 2.45) is 51.8 Å². The van der Waals surface area contributed by atoms with Gasteiger partial charge in [-0.2, -0.15) is 0 Å². The first-order valence-corrected chi connectivity index (χ1v) is 14.2. The van der Waals surface area contributed by atoms with Gasteiger partial charge in [-0.1, -0.05) is 53.2 Å². The SMILES string of the molecule is CC1CCN(C[C@@H](C)[C@H]2CC[C@H]3[C@@H]4CC=C5C(C)(C)[C@@H](O)CC[C@]5(C)[C@H]4CC[C@]23C)CC1. The summed E-state index contributed by atoms with van der Waals surface area (Å²) in [4.78, 5) is 2.79. The number of likely N-dealkylation sites (tertiary alicyclic amines) is 1. The molecule has 0 unspecified atom stereocenters. The standard InChI is InChI=1S/C30H51NO/c1-20-13-17-31(18-14-20)19-21(2)23-8-9-24-22-7-10-26-28(3,4)27(32)12-16-30(26,6)25(22)11-15-29(23,24)5/h10,20-25,27,32H,7-9,11-19H2,1-6H3/t21-,22+,23-,24+,25+,27+,29-,30-/m1/s1. The van der Waals surface area contributed by atoms with Crippen LogP contribution in [0.25, 0.3) is 0 Å². The van der Waals surface area contributed by atoms with Gasteiger partial charge in [0.1, 0.15) is 0 Å². The molecule has 3 saturated carbocycles. The summed E-state index contributed by atoms with van der Waals surface area (Å²) in [5.41, 5.74) is 2.43. The van der Waals surface area contributed by atoms with E-state index in [4.69, 9.17) is 0 Å². The lowest BCUT2D eigenvalue weighted by atomic mass is 9.44. The zero-order chi connectivity index (χ0) is 22.9. The molecular formula is C30H51NO. The molecule has 0 amide bonds. The molecule has 0 bridgehead atoms. The largest absolute Gasteiger partial charge is 0.392 e. The third-order valence-electron chi connectivity index (χ3n) is 12.1. The minimum absolute atomic E-state index is 0.0443. The highest BCUT2D eigenvalue weighted by molar-refractivity contribution is 5.31. The van der Waals surface area contributed by atoms with Gasteiger partial charge >= 0.3 is 0 Å². The van der Waals surface area contributed by atoms with Crippen LogP contribution in [-0.2, 0) is 0 Å². The van der Waals surface area contributed by atoms with Crippen LogP contribution in [0.4, 0.5) is 0 Å². The van der Waals surface area contributed by atoms with E-state index in [1.165, 1.54) is 71.0 Å². The van der Waals surface area contributed by atoms with E-state index in [-0.39, 0.29) is 11.5 Å². The Bertz CT molecular complexity index is 733. The second kappa shape index (κ2) is 8.11. The van der Waals surface area contributed by atoms with Gasteiger partial charge in [-0.05, 0) is 117 Å². The summed E-state index contributed by atoms with van der Waals surface area (Å²) in [5.74, 6) is 5.31. The van der Waals surface area contributed by atoms with Crippen LogP contribution >= 0.6 is 0 Å². The molecule has 5 aliphatic rings. The van der Waals surface area contributed by atoms with Gasteiger partial charge in [-0.15, -0.1) is 0 Å². The highest BCUT2D eigenvalue weighted by Crippen LogP contribution is 2.68. The van der Waals surface area contributed by atoms with Crippen molar-refractivity contribution >= 4 is 0 Å². The lowest BCUT2D eigenvalue weighted by molar-refractivity contribution is -0.0791. The van der Waals surface area contributed by atoms with E-state index >= 15 is 0 Å². The summed E-state index contributed by atoms with van der Waals surface area (Å²) >= 11 is 0. The van der Waals surface area contributed by atoms with Crippen LogP contribution in [0, 0.1) is 51.8 Å². The number of aliphatic hydroxyl groups is 1. The molecule has 1 heterocycles. The van der Waals surface area contributed by atoms with Gasteiger partial charge in [0.2, 0.25) is 0 Å². The van der Waals surface area contributed by atoms with Crippen LogP contribution in [0.3, 0.4) is 0 Å². The van der Waals surface area contributed by atoms with Crippen molar-refractivity contribution in [3.05, 3.63) is 11.6 Å². The molecule has 182 valence electrons. The number of piperidine rings is 1. The van der Waals surface area contributed by atoms with E-state index in [9.17, 15) is 5.11 Å². The summed E-state index contributed by atoms with van der Waals surface area (Å²) in [5, 5.41) is 10.8. The Morgan fingerprint density at radius 2 is 1.69 bits per heavy atom. The molecule has 8 atom stereocenters. The summed E-state index contributed by atoms with van der Waals surface area (Å²) < 4.78 is 0. The fraction of sp³-hybridized carbons (Fsp3) is 0.933. The zero-order valence-electron chi connectivity index (χ0n) is 22.0. The summed E-state index contributed by atoms with van der Waals surface area (Å²) in [6, 6.07) is 0. The molecule has 1 aliphatic heterocycles. The molecule has 4 aliphatic carbocycles. The number of hydrogen-bond acceptors (Lipinski definition) is 2. The molecule has 0 radical (unpaired) electrons. The highest BCUT2D eigenvalue weighted by Gasteiger charge is 2.61. The van der Waals surface area contributed by atoms with Crippen molar-refractivity contribution in [1.82, 2.24) is 4.90 Å². The monoisotopic (exact) mass is 441 g/mol. The first-order valence-electron chi connectivity index (χ1n) is 14.2. The Kier molecular flexibility index (Phi) is 5.93. The predicted molar refractivity (Wildman–Crippen MR) is 134 cm³/mol. The molecular weight excluding hydrogens is 390 g/mol. The average Bonchev–Trinajstić information content (AvgIpc) is 3.10. The first-order chi connectivity index (χ1) is 15.1. The van der Waals surface area contributed by atoms with Crippen LogP contribution in [0.2, 0.25) is 0 Å². The second-order valence-electron chi connectivity index (χ2n) is 14.1. The lowest BCUT2D eigenvalue weighted by Crippen LogP contribution is -2.54. The number of hydrogen-bond donors (Lipinski definition) is 1. The van der Waals surface area contributed by atoms with Crippen molar-refractivity contribution in [1.29, 1.82) is 0 Å². The Labute approximate surface area is 198 Å². The lowest BCUT2D eigenvalue weighted by Gasteiger charge is -2.61. The molecule has 0 aromatic heterocycles. The van der Waals surface area contributed by atoms with E-state index in [1.807, 2.05) is 0 Å². The molecule has 5 rings (SSSR count). The van der Waals surface area contributed by atoms with Gasteiger partial charge in [0.05, 0.1) is 6.10 Å². The molecule has 2 nitrogen and oxygen atoms in total. The van der Waals surface area contributed by atoms with E-state index < -0.39 is 0 Å². The molecule has 1 saturated heterocycles. The van der Waals surface area contributed by atoms with Gasteiger partial charge in [-0.25, -0.2) is 0 Å². The van der Waals surface area contributed by atoms with E-state index in [0.29, 0.717) is 10.8 Å². The van der Waals surface area contributed by atoms with Gasteiger partial charge < -0.3 is 10.0 Å². The average molecular weight is 442 g/mol. The Hall–Kier alpha value is -0.340. The van der Waals surface area contributed by atoms with Crippen LogP contribution in [0.5, 0.6) is 0 Å². The normalized spacial score (nSPS) is 47.8. The van der Waals surface area contributed by atoms with E-state index in [0.717, 1.165) is 41.9 Å². The maximum atomic E-state index is 10.8. The van der Waals surface area contributed by atoms with Crippen molar-refractivity contribution in [2.45, 2.75) is 105 Å². The van der Waals surface area contributed by atoms with Gasteiger partial charge in [-0.3, -0.25) is 0 Å². The molecule has 2 heteroatoms. The zero-order valence-corrected chi connectivity index (χ0v) is 22.0. The van der Waals surface area contributed by atoms with Crippen LogP contribution in [0.15, 0.2) is 11.6 Å². The molecule has 0 aromatic carbocycles. The maximum Gasteiger partial charge on any atom is 0.0628 e. The Morgan fingerprint density at radius 1 is 0.969 bits per heavy atom. The van der Waals surface area contributed by atoms with E-state index in [1.54, 1.807) is 5.57 Å². The van der Waals surface area contributed by atoms with Gasteiger partial charge in [0.15, 0.2) is 0 Å². The van der Waals surface area contributed by atoms with E-state index in [2.05, 4.69) is 52.5 Å².